The molecular weight excluding hydrogens is 470 g/mol. The normalized spacial score (nSPS) is 11.5. The lowest BCUT2D eigenvalue weighted by Crippen LogP contribution is -2.32. The number of hydrogen-bond acceptors (Lipinski definition) is 6. The van der Waals surface area contributed by atoms with Gasteiger partial charge in [-0.1, -0.05) is 29.4 Å². The Morgan fingerprint density at radius 3 is 2.37 bits per heavy atom. The van der Waals surface area contributed by atoms with Crippen LogP contribution in [0.5, 0.6) is 0 Å². The van der Waals surface area contributed by atoms with Crippen LogP contribution in [-0.4, -0.2) is 35.9 Å². The number of sulfonamides is 1. The Morgan fingerprint density at radius 2 is 1.74 bits per heavy atom. The van der Waals surface area contributed by atoms with E-state index in [-0.39, 0.29) is 16.1 Å². The van der Waals surface area contributed by atoms with Crippen molar-refractivity contribution in [3.8, 4) is 5.69 Å². The summed E-state index contributed by atoms with van der Waals surface area (Å²) in [6.07, 6.45) is 0. The van der Waals surface area contributed by atoms with Gasteiger partial charge >= 0.3 is 0 Å². The van der Waals surface area contributed by atoms with Crippen LogP contribution in [0.2, 0.25) is 0 Å². The summed E-state index contributed by atoms with van der Waals surface area (Å²) in [7, 11) is -1.15. The molecule has 0 saturated heterocycles. The number of amides is 1. The van der Waals surface area contributed by atoms with Gasteiger partial charge in [-0.15, -0.1) is 0 Å². The lowest BCUT2D eigenvalue weighted by atomic mass is 10.2. The lowest BCUT2D eigenvalue weighted by Gasteiger charge is -2.18. The van der Waals surface area contributed by atoms with Gasteiger partial charge < -0.3 is 9.84 Å². The van der Waals surface area contributed by atoms with E-state index in [1.807, 2.05) is 6.07 Å². The fourth-order valence-electron chi connectivity index (χ4n) is 3.84. The first kappa shape index (κ1) is 24.0. The van der Waals surface area contributed by atoms with Crippen molar-refractivity contribution in [1.29, 1.82) is 0 Å². The minimum atomic E-state index is -4.16. The first-order valence-corrected chi connectivity index (χ1v) is 12.1. The van der Waals surface area contributed by atoms with Crippen LogP contribution >= 0.6 is 0 Å². The van der Waals surface area contributed by atoms with E-state index < -0.39 is 21.5 Å². The van der Waals surface area contributed by atoms with Gasteiger partial charge in [-0.05, 0) is 51.1 Å². The van der Waals surface area contributed by atoms with Crippen molar-refractivity contribution in [3.05, 3.63) is 87.7 Å². The topological polar surface area (TPSA) is 119 Å². The van der Waals surface area contributed by atoms with E-state index >= 15 is 0 Å². The zero-order valence-electron chi connectivity index (χ0n) is 19.9. The molecule has 35 heavy (non-hydrogen) atoms. The fourth-order valence-corrected chi connectivity index (χ4v) is 5.13. The average molecular weight is 496 g/mol. The van der Waals surface area contributed by atoms with Crippen LogP contribution in [0.4, 0.5) is 11.4 Å². The quantitative estimate of drug-likeness (QED) is 0.439. The van der Waals surface area contributed by atoms with E-state index in [0.29, 0.717) is 28.5 Å². The highest BCUT2D eigenvalue weighted by Gasteiger charge is 2.29. The zero-order chi connectivity index (χ0) is 25.5. The molecule has 0 aliphatic rings. The maximum Gasteiger partial charge on any atom is 0.296 e. The summed E-state index contributed by atoms with van der Waals surface area (Å²) in [5, 5.41) is 6.50. The maximum absolute atomic E-state index is 13.5. The predicted octanol–water partition coefficient (Wildman–Crippen LogP) is 3.17. The van der Waals surface area contributed by atoms with Gasteiger partial charge in [0.2, 0.25) is 0 Å². The Kier molecular flexibility index (Phi) is 6.12. The van der Waals surface area contributed by atoms with Crippen LogP contribution in [0.25, 0.3) is 5.69 Å². The molecule has 182 valence electrons. The number of nitrogens with zero attached hydrogens (tertiary/aromatic N) is 4. The SMILES string of the molecule is Cc1noc(C)c1NC(=O)c1cccc(S(=O)(=O)N(C)c2c(C)n(C)n(-c3ccccc3)c2=O)c1. The summed E-state index contributed by atoms with van der Waals surface area (Å²) < 4.78 is 36.0. The van der Waals surface area contributed by atoms with Crippen LogP contribution < -0.4 is 15.2 Å². The Hall–Kier alpha value is -4.12. The molecule has 0 bridgehead atoms. The molecule has 0 unspecified atom stereocenters. The molecule has 4 rings (SSSR count). The van der Waals surface area contributed by atoms with Crippen molar-refractivity contribution in [2.75, 3.05) is 16.7 Å². The van der Waals surface area contributed by atoms with Crippen LogP contribution in [0.3, 0.4) is 0 Å². The number of anilines is 2. The number of carbonyl (C=O) groups is 1. The molecule has 1 amide bonds. The second kappa shape index (κ2) is 8.91. The van der Waals surface area contributed by atoms with Crippen LogP contribution in [0, 0.1) is 20.8 Å². The third-order valence-electron chi connectivity index (χ3n) is 5.87. The molecule has 0 radical (unpaired) electrons. The van der Waals surface area contributed by atoms with Gasteiger partial charge in [0.25, 0.3) is 21.5 Å². The highest BCUT2D eigenvalue weighted by atomic mass is 32.2. The Balaban J connectivity index is 1.71. The molecule has 0 aliphatic heterocycles. The van der Waals surface area contributed by atoms with Crippen molar-refractivity contribution in [2.24, 2.45) is 7.05 Å². The van der Waals surface area contributed by atoms with Crippen molar-refractivity contribution < 1.29 is 17.7 Å². The molecule has 11 heteroatoms. The number of aryl methyl sites for hydroxylation is 2. The highest BCUT2D eigenvalue weighted by Crippen LogP contribution is 2.25. The Labute approximate surface area is 202 Å². The molecular formula is C24H25N5O5S. The van der Waals surface area contributed by atoms with Gasteiger partial charge in [-0.2, -0.15) is 0 Å². The van der Waals surface area contributed by atoms with Gasteiger partial charge in [0.15, 0.2) is 5.76 Å². The van der Waals surface area contributed by atoms with Crippen molar-refractivity contribution in [1.82, 2.24) is 14.5 Å². The van der Waals surface area contributed by atoms with Gasteiger partial charge in [0.1, 0.15) is 17.1 Å². The number of carbonyl (C=O) groups excluding carboxylic acids is 1. The molecule has 2 heterocycles. The highest BCUT2D eigenvalue weighted by molar-refractivity contribution is 7.92. The van der Waals surface area contributed by atoms with E-state index in [1.165, 1.54) is 36.0 Å². The second-order valence-electron chi connectivity index (χ2n) is 8.06. The molecule has 2 aromatic carbocycles. The smallest absolute Gasteiger partial charge is 0.296 e. The van der Waals surface area contributed by atoms with Gasteiger partial charge in [0.05, 0.1) is 16.3 Å². The number of hydrogen-bond donors (Lipinski definition) is 1. The molecule has 0 spiro atoms. The number of benzene rings is 2. The molecule has 2 aromatic heterocycles. The standard InChI is InChI=1S/C24H25N5O5S/c1-15-21(17(3)34-26-15)25-23(30)18-10-9-13-20(14-18)35(32,33)28(5)22-16(2)27(4)29(24(22)31)19-11-7-6-8-12-19/h6-14H,1-5H3,(H,25,30). The minimum Gasteiger partial charge on any atom is -0.359 e. The third-order valence-corrected chi connectivity index (χ3v) is 7.62. The fraction of sp³-hybridized carbons (Fsp3) is 0.208. The molecule has 10 nitrogen and oxygen atoms in total. The van der Waals surface area contributed by atoms with E-state index in [1.54, 1.807) is 56.8 Å². The predicted molar refractivity (Wildman–Crippen MR) is 132 cm³/mol. The summed E-state index contributed by atoms with van der Waals surface area (Å²) in [6, 6.07) is 14.6. The summed E-state index contributed by atoms with van der Waals surface area (Å²) >= 11 is 0. The van der Waals surface area contributed by atoms with Gasteiger partial charge in [-0.3, -0.25) is 18.6 Å². The van der Waals surface area contributed by atoms with Crippen LogP contribution in [-0.2, 0) is 17.1 Å². The van der Waals surface area contributed by atoms with Gasteiger partial charge in [0, 0.05) is 19.7 Å². The number of aromatic nitrogens is 3. The Bertz CT molecular complexity index is 1560. The summed E-state index contributed by atoms with van der Waals surface area (Å²) in [5.41, 5.74) is 1.69. The zero-order valence-corrected chi connectivity index (χ0v) is 20.8. The lowest BCUT2D eigenvalue weighted by molar-refractivity contribution is 0.102. The molecule has 0 atom stereocenters. The molecule has 1 N–H and O–H groups in total. The molecule has 0 saturated carbocycles. The molecule has 0 fully saturated rings. The first-order chi connectivity index (χ1) is 16.5. The van der Waals surface area contributed by atoms with Crippen LogP contribution in [0.15, 0.2) is 68.8 Å². The van der Waals surface area contributed by atoms with E-state index in [9.17, 15) is 18.0 Å². The van der Waals surface area contributed by atoms with Crippen molar-refractivity contribution in [2.45, 2.75) is 25.7 Å². The summed E-state index contributed by atoms with van der Waals surface area (Å²) in [5.74, 6) is -0.0740. The number of nitrogens with one attached hydrogen (secondary N) is 1. The third kappa shape index (κ3) is 4.14. The second-order valence-corrected chi connectivity index (χ2v) is 10.0. The number of para-hydroxylation sites is 1. The summed E-state index contributed by atoms with van der Waals surface area (Å²) in [4.78, 5) is 26.0. The first-order valence-electron chi connectivity index (χ1n) is 10.7. The van der Waals surface area contributed by atoms with Gasteiger partial charge in [-0.25, -0.2) is 13.1 Å². The summed E-state index contributed by atoms with van der Waals surface area (Å²) in [6.45, 7) is 5.03. The minimum absolute atomic E-state index is 0.0157. The van der Waals surface area contributed by atoms with Crippen LogP contribution in [0.1, 0.15) is 27.5 Å². The maximum atomic E-state index is 13.5. The Morgan fingerprint density at radius 1 is 1.06 bits per heavy atom. The average Bonchev–Trinajstić information content (AvgIpc) is 3.28. The van der Waals surface area contributed by atoms with E-state index in [0.717, 1.165) is 4.31 Å². The van der Waals surface area contributed by atoms with E-state index in [4.69, 9.17) is 4.52 Å². The molecule has 4 aromatic rings. The van der Waals surface area contributed by atoms with E-state index in [2.05, 4.69) is 10.5 Å². The van der Waals surface area contributed by atoms with Crippen molar-refractivity contribution >= 4 is 27.3 Å². The number of rotatable bonds is 6. The largest absolute Gasteiger partial charge is 0.359 e. The van der Waals surface area contributed by atoms with Crippen molar-refractivity contribution in [3.63, 3.8) is 0 Å². The molecule has 0 aliphatic carbocycles. The monoisotopic (exact) mass is 495 g/mol.